The molecule has 1 aromatic heterocycles. The quantitative estimate of drug-likeness (QED) is 0.716. The molecule has 0 aliphatic rings. The first-order chi connectivity index (χ1) is 7.81. The fourth-order valence-corrected chi connectivity index (χ4v) is 1.81. The van der Waals surface area contributed by atoms with Gasteiger partial charge in [0.1, 0.15) is 0 Å². The highest BCUT2D eigenvalue weighted by Gasteiger charge is 2.03. The molecule has 2 rings (SSSR count). The number of nitrogens with one attached hydrogen (secondary N) is 2. The summed E-state index contributed by atoms with van der Waals surface area (Å²) in [6.45, 7) is 4.76. The summed E-state index contributed by atoms with van der Waals surface area (Å²) in [7, 11) is 0. The summed E-state index contributed by atoms with van der Waals surface area (Å²) in [4.78, 5) is 3.28. The number of rotatable bonds is 5. The van der Waals surface area contributed by atoms with Crippen LogP contribution in [0, 0.1) is 5.92 Å². The van der Waals surface area contributed by atoms with Crippen molar-refractivity contribution in [2.45, 2.75) is 13.5 Å². The molecule has 0 bridgehead atoms. The summed E-state index contributed by atoms with van der Waals surface area (Å²) < 4.78 is 0. The van der Waals surface area contributed by atoms with Crippen molar-refractivity contribution < 1.29 is 0 Å². The molecule has 0 radical (unpaired) electrons. The Bertz CT molecular complexity index is 447. The van der Waals surface area contributed by atoms with E-state index < -0.39 is 0 Å². The molecule has 0 spiro atoms. The molecule has 4 N–H and O–H groups in total. The zero-order valence-electron chi connectivity index (χ0n) is 9.66. The number of aromatic amines is 1. The van der Waals surface area contributed by atoms with Crippen molar-refractivity contribution in [2.75, 3.05) is 13.1 Å². The van der Waals surface area contributed by atoms with Gasteiger partial charge >= 0.3 is 0 Å². The fourth-order valence-electron chi connectivity index (χ4n) is 1.81. The Morgan fingerprint density at radius 3 is 3.00 bits per heavy atom. The van der Waals surface area contributed by atoms with Crippen molar-refractivity contribution in [1.82, 2.24) is 10.3 Å². The van der Waals surface area contributed by atoms with E-state index in [0.717, 1.165) is 19.6 Å². The summed E-state index contributed by atoms with van der Waals surface area (Å²) in [5.41, 5.74) is 8.10. The van der Waals surface area contributed by atoms with Crippen LogP contribution >= 0.6 is 0 Å². The molecule has 1 unspecified atom stereocenters. The van der Waals surface area contributed by atoms with Crippen molar-refractivity contribution in [3.8, 4) is 0 Å². The van der Waals surface area contributed by atoms with Crippen LogP contribution in [0.1, 0.15) is 12.5 Å². The maximum absolute atomic E-state index is 5.58. The smallest absolute Gasteiger partial charge is 0.0457 e. The van der Waals surface area contributed by atoms with Gasteiger partial charge in [0.25, 0.3) is 0 Å². The average Bonchev–Trinajstić information content (AvgIpc) is 2.73. The Labute approximate surface area is 96.0 Å². The van der Waals surface area contributed by atoms with Crippen LogP contribution in [0.15, 0.2) is 30.5 Å². The number of fused-ring (bicyclic) bond motifs is 1. The largest absolute Gasteiger partial charge is 0.361 e. The van der Waals surface area contributed by atoms with Gasteiger partial charge in [-0.2, -0.15) is 0 Å². The Morgan fingerprint density at radius 1 is 1.38 bits per heavy atom. The SMILES string of the molecule is CC(CN)CNCc1c[nH]c2ccccc12. The summed E-state index contributed by atoms with van der Waals surface area (Å²) in [5.74, 6) is 0.533. The van der Waals surface area contributed by atoms with Crippen LogP contribution in [0.5, 0.6) is 0 Å². The van der Waals surface area contributed by atoms with Gasteiger partial charge in [-0.3, -0.25) is 0 Å². The lowest BCUT2D eigenvalue weighted by atomic mass is 10.1. The molecule has 1 atom stereocenters. The van der Waals surface area contributed by atoms with Crippen LogP contribution in [0.4, 0.5) is 0 Å². The van der Waals surface area contributed by atoms with E-state index in [4.69, 9.17) is 5.73 Å². The maximum atomic E-state index is 5.58. The molecule has 16 heavy (non-hydrogen) atoms. The van der Waals surface area contributed by atoms with Gasteiger partial charge in [-0.15, -0.1) is 0 Å². The van der Waals surface area contributed by atoms with E-state index in [1.165, 1.54) is 16.5 Å². The molecule has 0 saturated carbocycles. The lowest BCUT2D eigenvalue weighted by Crippen LogP contribution is -2.25. The summed E-state index contributed by atoms with van der Waals surface area (Å²) >= 11 is 0. The van der Waals surface area contributed by atoms with E-state index in [9.17, 15) is 0 Å². The van der Waals surface area contributed by atoms with Gasteiger partial charge in [0, 0.05) is 23.6 Å². The molecule has 3 nitrogen and oxygen atoms in total. The molecule has 1 aromatic carbocycles. The molecule has 0 aliphatic carbocycles. The van der Waals surface area contributed by atoms with Crippen molar-refractivity contribution in [2.24, 2.45) is 11.7 Å². The number of hydrogen-bond acceptors (Lipinski definition) is 2. The van der Waals surface area contributed by atoms with E-state index in [2.05, 4.69) is 41.6 Å². The predicted octanol–water partition coefficient (Wildman–Crippen LogP) is 1.85. The lowest BCUT2D eigenvalue weighted by molar-refractivity contribution is 0.523. The molecule has 0 saturated heterocycles. The van der Waals surface area contributed by atoms with Gasteiger partial charge in [-0.25, -0.2) is 0 Å². The van der Waals surface area contributed by atoms with Gasteiger partial charge in [0.2, 0.25) is 0 Å². The monoisotopic (exact) mass is 217 g/mol. The van der Waals surface area contributed by atoms with E-state index >= 15 is 0 Å². The van der Waals surface area contributed by atoms with Crippen molar-refractivity contribution >= 4 is 10.9 Å². The lowest BCUT2D eigenvalue weighted by Gasteiger charge is -2.09. The van der Waals surface area contributed by atoms with Gasteiger partial charge < -0.3 is 16.0 Å². The minimum Gasteiger partial charge on any atom is -0.361 e. The van der Waals surface area contributed by atoms with Crippen molar-refractivity contribution in [3.63, 3.8) is 0 Å². The highest BCUT2D eigenvalue weighted by Crippen LogP contribution is 2.17. The molecule has 2 aromatic rings. The second kappa shape index (κ2) is 5.14. The zero-order valence-corrected chi connectivity index (χ0v) is 9.66. The highest BCUT2D eigenvalue weighted by molar-refractivity contribution is 5.82. The summed E-state index contributed by atoms with van der Waals surface area (Å²) in [5, 5.41) is 4.73. The molecular weight excluding hydrogens is 198 g/mol. The number of benzene rings is 1. The second-order valence-corrected chi connectivity index (χ2v) is 4.33. The van der Waals surface area contributed by atoms with E-state index in [-0.39, 0.29) is 0 Å². The van der Waals surface area contributed by atoms with E-state index in [1.54, 1.807) is 0 Å². The first-order valence-electron chi connectivity index (χ1n) is 5.77. The maximum Gasteiger partial charge on any atom is 0.0457 e. The minimum absolute atomic E-state index is 0.533. The van der Waals surface area contributed by atoms with E-state index in [1.807, 2.05) is 6.07 Å². The topological polar surface area (TPSA) is 53.8 Å². The van der Waals surface area contributed by atoms with Crippen LogP contribution < -0.4 is 11.1 Å². The fraction of sp³-hybridized carbons (Fsp3) is 0.385. The van der Waals surface area contributed by atoms with E-state index in [0.29, 0.717) is 5.92 Å². The van der Waals surface area contributed by atoms with Crippen LogP contribution in [0.3, 0.4) is 0 Å². The van der Waals surface area contributed by atoms with Gasteiger partial charge in [0.15, 0.2) is 0 Å². The molecule has 3 heteroatoms. The number of nitrogens with two attached hydrogens (primary N) is 1. The van der Waals surface area contributed by atoms with Crippen LogP contribution in [-0.4, -0.2) is 18.1 Å². The minimum atomic E-state index is 0.533. The Balaban J connectivity index is 1.99. The van der Waals surface area contributed by atoms with Crippen molar-refractivity contribution in [1.29, 1.82) is 0 Å². The first kappa shape index (κ1) is 11.2. The predicted molar refractivity (Wildman–Crippen MR) is 68.2 cm³/mol. The van der Waals surface area contributed by atoms with Crippen LogP contribution in [0.25, 0.3) is 10.9 Å². The standard InChI is InChI=1S/C13H19N3/c1-10(6-14)7-15-8-11-9-16-13-5-3-2-4-12(11)13/h2-5,9-10,15-16H,6-8,14H2,1H3. The third-order valence-corrected chi connectivity index (χ3v) is 2.89. The molecule has 0 fully saturated rings. The van der Waals surface area contributed by atoms with Gasteiger partial charge in [-0.1, -0.05) is 25.1 Å². The summed E-state index contributed by atoms with van der Waals surface area (Å²) in [6.07, 6.45) is 2.07. The zero-order chi connectivity index (χ0) is 11.4. The molecule has 86 valence electrons. The Hall–Kier alpha value is -1.32. The Kier molecular flexibility index (Phi) is 3.59. The summed E-state index contributed by atoms with van der Waals surface area (Å²) in [6, 6.07) is 8.37. The average molecular weight is 217 g/mol. The molecule has 0 amide bonds. The first-order valence-corrected chi connectivity index (χ1v) is 5.77. The molecule has 1 heterocycles. The highest BCUT2D eigenvalue weighted by atomic mass is 14.9. The number of aromatic nitrogens is 1. The van der Waals surface area contributed by atoms with Gasteiger partial charge in [-0.05, 0) is 30.6 Å². The third-order valence-electron chi connectivity index (χ3n) is 2.89. The number of para-hydroxylation sites is 1. The van der Waals surface area contributed by atoms with Gasteiger partial charge in [0.05, 0.1) is 0 Å². The second-order valence-electron chi connectivity index (χ2n) is 4.33. The third kappa shape index (κ3) is 2.43. The normalized spacial score (nSPS) is 13.1. The van der Waals surface area contributed by atoms with Crippen molar-refractivity contribution in [3.05, 3.63) is 36.0 Å². The molecule has 0 aliphatic heterocycles. The number of hydrogen-bond donors (Lipinski definition) is 3. The van der Waals surface area contributed by atoms with Crippen LogP contribution in [-0.2, 0) is 6.54 Å². The Morgan fingerprint density at radius 2 is 2.19 bits per heavy atom. The number of H-pyrrole nitrogens is 1. The molecular formula is C13H19N3. The van der Waals surface area contributed by atoms with Crippen LogP contribution in [0.2, 0.25) is 0 Å².